The molecule has 0 bridgehead atoms. The summed E-state index contributed by atoms with van der Waals surface area (Å²) >= 11 is 0. The standard InChI is InChI=1S/C17H23N3O2/c1-4-18-10-14-9-16(19-20-17(14)21)13-6-5-7-15(8-13)22-11-12(2)3/h5-9,12,18H,4,10-11H2,1-3H3,(H,20,21). The number of benzene rings is 1. The lowest BCUT2D eigenvalue weighted by atomic mass is 10.1. The molecule has 1 heterocycles. The van der Waals surface area contributed by atoms with Crippen molar-refractivity contribution in [2.24, 2.45) is 5.92 Å². The minimum Gasteiger partial charge on any atom is -0.493 e. The van der Waals surface area contributed by atoms with Gasteiger partial charge in [0.05, 0.1) is 12.3 Å². The number of aromatic amines is 1. The van der Waals surface area contributed by atoms with Crippen LogP contribution in [0.3, 0.4) is 0 Å². The van der Waals surface area contributed by atoms with Crippen LogP contribution < -0.4 is 15.6 Å². The molecule has 22 heavy (non-hydrogen) atoms. The number of H-pyrrole nitrogens is 1. The molecular formula is C17H23N3O2. The van der Waals surface area contributed by atoms with Crippen molar-refractivity contribution >= 4 is 0 Å². The quantitative estimate of drug-likeness (QED) is 0.825. The van der Waals surface area contributed by atoms with Gasteiger partial charge in [0.15, 0.2) is 0 Å². The molecule has 5 heteroatoms. The van der Waals surface area contributed by atoms with Crippen LogP contribution in [-0.2, 0) is 6.54 Å². The van der Waals surface area contributed by atoms with Gasteiger partial charge in [0.25, 0.3) is 5.56 Å². The van der Waals surface area contributed by atoms with Gasteiger partial charge in [-0.3, -0.25) is 4.79 Å². The summed E-state index contributed by atoms with van der Waals surface area (Å²) in [6.45, 7) is 8.25. The molecule has 118 valence electrons. The van der Waals surface area contributed by atoms with E-state index >= 15 is 0 Å². The molecule has 1 aromatic carbocycles. The monoisotopic (exact) mass is 301 g/mol. The molecule has 0 amide bonds. The first-order valence-corrected chi connectivity index (χ1v) is 7.62. The number of hydrogen-bond acceptors (Lipinski definition) is 4. The van der Waals surface area contributed by atoms with E-state index < -0.39 is 0 Å². The van der Waals surface area contributed by atoms with Gasteiger partial charge < -0.3 is 10.1 Å². The van der Waals surface area contributed by atoms with Crippen molar-refractivity contribution in [3.05, 3.63) is 46.2 Å². The van der Waals surface area contributed by atoms with Crippen LogP contribution in [0.15, 0.2) is 35.1 Å². The maximum atomic E-state index is 11.8. The first kappa shape index (κ1) is 16.2. The fourth-order valence-electron chi connectivity index (χ4n) is 1.99. The van der Waals surface area contributed by atoms with Crippen LogP contribution >= 0.6 is 0 Å². The van der Waals surface area contributed by atoms with Gasteiger partial charge in [-0.1, -0.05) is 32.9 Å². The zero-order valence-corrected chi connectivity index (χ0v) is 13.3. The van der Waals surface area contributed by atoms with Crippen LogP contribution in [0.5, 0.6) is 5.75 Å². The van der Waals surface area contributed by atoms with Crippen molar-refractivity contribution in [1.82, 2.24) is 15.5 Å². The lowest BCUT2D eigenvalue weighted by molar-refractivity contribution is 0.271. The van der Waals surface area contributed by atoms with E-state index in [0.29, 0.717) is 24.6 Å². The molecule has 0 unspecified atom stereocenters. The fourth-order valence-corrected chi connectivity index (χ4v) is 1.99. The van der Waals surface area contributed by atoms with E-state index in [9.17, 15) is 4.79 Å². The Hall–Kier alpha value is -2.14. The minimum atomic E-state index is -0.156. The molecule has 5 nitrogen and oxygen atoms in total. The van der Waals surface area contributed by atoms with Gasteiger partial charge in [-0.2, -0.15) is 5.10 Å². The average Bonchev–Trinajstić information content (AvgIpc) is 2.52. The number of nitrogens with zero attached hydrogens (tertiary/aromatic N) is 1. The Bertz CT molecular complexity index is 665. The van der Waals surface area contributed by atoms with Crippen LogP contribution in [0.4, 0.5) is 0 Å². The lowest BCUT2D eigenvalue weighted by Crippen LogP contribution is -2.21. The van der Waals surface area contributed by atoms with E-state index in [1.165, 1.54) is 0 Å². The predicted molar refractivity (Wildman–Crippen MR) is 88.0 cm³/mol. The molecule has 2 N–H and O–H groups in total. The van der Waals surface area contributed by atoms with Crippen molar-refractivity contribution in [3.8, 4) is 17.0 Å². The van der Waals surface area contributed by atoms with Gasteiger partial charge in [0, 0.05) is 17.7 Å². The first-order chi connectivity index (χ1) is 10.6. The molecule has 0 aliphatic heterocycles. The summed E-state index contributed by atoms with van der Waals surface area (Å²) in [7, 11) is 0. The molecule has 0 aliphatic carbocycles. The Morgan fingerprint density at radius 2 is 2.14 bits per heavy atom. The van der Waals surface area contributed by atoms with E-state index in [0.717, 1.165) is 23.6 Å². The van der Waals surface area contributed by atoms with Gasteiger partial charge in [0.2, 0.25) is 0 Å². The number of hydrogen-bond donors (Lipinski definition) is 2. The number of aromatic nitrogens is 2. The topological polar surface area (TPSA) is 67.0 Å². The van der Waals surface area contributed by atoms with Crippen LogP contribution in [0.25, 0.3) is 11.3 Å². The Morgan fingerprint density at radius 3 is 2.86 bits per heavy atom. The summed E-state index contributed by atoms with van der Waals surface area (Å²) in [5.41, 5.74) is 2.19. The highest BCUT2D eigenvalue weighted by molar-refractivity contribution is 5.61. The van der Waals surface area contributed by atoms with Crippen LogP contribution in [0.2, 0.25) is 0 Å². The number of ether oxygens (including phenoxy) is 1. The average molecular weight is 301 g/mol. The third kappa shape index (κ3) is 4.43. The zero-order valence-electron chi connectivity index (χ0n) is 13.3. The molecule has 1 aromatic heterocycles. The maximum absolute atomic E-state index is 11.8. The van der Waals surface area contributed by atoms with Crippen molar-refractivity contribution in [2.75, 3.05) is 13.2 Å². The van der Waals surface area contributed by atoms with Crippen molar-refractivity contribution < 1.29 is 4.74 Å². The molecule has 0 saturated heterocycles. The molecule has 0 radical (unpaired) electrons. The van der Waals surface area contributed by atoms with Crippen LogP contribution in [0, 0.1) is 5.92 Å². The van der Waals surface area contributed by atoms with Crippen LogP contribution in [0.1, 0.15) is 26.3 Å². The normalized spacial score (nSPS) is 10.9. The Kier molecular flexibility index (Phi) is 5.72. The SMILES string of the molecule is CCNCc1cc(-c2cccc(OCC(C)C)c2)n[nH]c1=O. The van der Waals surface area contributed by atoms with Crippen molar-refractivity contribution in [3.63, 3.8) is 0 Å². The summed E-state index contributed by atoms with van der Waals surface area (Å²) in [5.74, 6) is 1.29. The highest BCUT2D eigenvalue weighted by Crippen LogP contribution is 2.22. The summed E-state index contributed by atoms with van der Waals surface area (Å²) in [6, 6.07) is 9.59. The molecule has 0 aliphatic rings. The Labute approximate surface area is 130 Å². The van der Waals surface area contributed by atoms with E-state index in [1.54, 1.807) is 0 Å². The van der Waals surface area contributed by atoms with Gasteiger partial charge in [-0.15, -0.1) is 0 Å². The van der Waals surface area contributed by atoms with Crippen molar-refractivity contribution in [2.45, 2.75) is 27.3 Å². The molecule has 0 fully saturated rings. The molecule has 0 saturated carbocycles. The Balaban J connectivity index is 2.23. The van der Waals surface area contributed by atoms with E-state index in [2.05, 4.69) is 29.4 Å². The van der Waals surface area contributed by atoms with E-state index in [-0.39, 0.29) is 5.56 Å². The lowest BCUT2D eigenvalue weighted by Gasteiger charge is -2.10. The second-order valence-electron chi connectivity index (χ2n) is 5.62. The summed E-state index contributed by atoms with van der Waals surface area (Å²) in [4.78, 5) is 11.8. The maximum Gasteiger partial charge on any atom is 0.268 e. The molecular weight excluding hydrogens is 278 g/mol. The molecule has 0 spiro atoms. The zero-order chi connectivity index (χ0) is 15.9. The predicted octanol–water partition coefficient (Wildman–Crippen LogP) is 2.58. The largest absolute Gasteiger partial charge is 0.493 e. The smallest absolute Gasteiger partial charge is 0.268 e. The second kappa shape index (κ2) is 7.75. The third-order valence-corrected chi connectivity index (χ3v) is 3.16. The molecule has 0 atom stereocenters. The van der Waals surface area contributed by atoms with Crippen LogP contribution in [-0.4, -0.2) is 23.3 Å². The highest BCUT2D eigenvalue weighted by atomic mass is 16.5. The number of rotatable bonds is 7. The van der Waals surface area contributed by atoms with Gasteiger partial charge in [0.1, 0.15) is 5.75 Å². The first-order valence-electron chi connectivity index (χ1n) is 7.62. The van der Waals surface area contributed by atoms with Gasteiger partial charge in [-0.25, -0.2) is 5.10 Å². The molecule has 2 aromatic rings. The van der Waals surface area contributed by atoms with Gasteiger partial charge in [-0.05, 0) is 30.7 Å². The van der Waals surface area contributed by atoms with E-state index in [1.807, 2.05) is 37.3 Å². The summed E-state index contributed by atoms with van der Waals surface area (Å²) in [6.07, 6.45) is 0. The third-order valence-electron chi connectivity index (χ3n) is 3.16. The second-order valence-corrected chi connectivity index (χ2v) is 5.62. The number of nitrogens with one attached hydrogen (secondary N) is 2. The Morgan fingerprint density at radius 1 is 1.32 bits per heavy atom. The van der Waals surface area contributed by atoms with Crippen molar-refractivity contribution in [1.29, 1.82) is 0 Å². The summed E-state index contributed by atoms with van der Waals surface area (Å²) < 4.78 is 5.74. The minimum absolute atomic E-state index is 0.156. The highest BCUT2D eigenvalue weighted by Gasteiger charge is 2.06. The van der Waals surface area contributed by atoms with Gasteiger partial charge >= 0.3 is 0 Å². The fraction of sp³-hybridized carbons (Fsp3) is 0.412. The molecule has 2 rings (SSSR count). The van der Waals surface area contributed by atoms with E-state index in [4.69, 9.17) is 4.74 Å². The summed E-state index contributed by atoms with van der Waals surface area (Å²) in [5, 5.41) is 9.85.